The summed E-state index contributed by atoms with van der Waals surface area (Å²) in [5, 5.41) is 2.88. The van der Waals surface area contributed by atoms with Gasteiger partial charge in [0.2, 0.25) is 5.88 Å². The van der Waals surface area contributed by atoms with E-state index in [0.717, 1.165) is 28.8 Å². The van der Waals surface area contributed by atoms with E-state index in [1.165, 1.54) is 11.3 Å². The second-order valence-electron chi connectivity index (χ2n) is 8.35. The van der Waals surface area contributed by atoms with Crippen molar-refractivity contribution in [2.45, 2.75) is 25.8 Å². The van der Waals surface area contributed by atoms with E-state index in [1.807, 2.05) is 31.2 Å². The fraction of sp³-hybridized carbons (Fsp3) is 0.320. The zero-order valence-corrected chi connectivity index (χ0v) is 21.5. The fourth-order valence-electron chi connectivity index (χ4n) is 3.83. The molecular weight excluding hydrogens is 534 g/mol. The largest absolute Gasteiger partial charge is 0.486 e. The van der Waals surface area contributed by atoms with Crippen LogP contribution in [0.3, 0.4) is 0 Å². The van der Waals surface area contributed by atoms with Crippen LogP contribution < -0.4 is 19.5 Å². The average Bonchev–Trinajstić information content (AvgIpc) is 3.63. The third kappa shape index (κ3) is 5.43. The van der Waals surface area contributed by atoms with Crippen molar-refractivity contribution in [3.8, 4) is 27.8 Å². The van der Waals surface area contributed by atoms with E-state index in [4.69, 9.17) is 14.2 Å². The maximum Gasteiger partial charge on any atom is 0.416 e. The number of amides is 2. The zero-order chi connectivity index (χ0) is 24.4. The Labute approximate surface area is 215 Å². The average molecular weight is 558 g/mol. The summed E-state index contributed by atoms with van der Waals surface area (Å²) < 4.78 is 17.6. The maximum atomic E-state index is 13.1. The molecule has 10 heteroatoms. The predicted molar refractivity (Wildman–Crippen MR) is 136 cm³/mol. The molecule has 3 aromatic rings. The van der Waals surface area contributed by atoms with Crippen molar-refractivity contribution in [2.75, 3.05) is 26.3 Å². The van der Waals surface area contributed by atoms with Crippen molar-refractivity contribution in [1.29, 1.82) is 0 Å². The van der Waals surface area contributed by atoms with Crippen LogP contribution in [0.5, 0.6) is 17.4 Å². The van der Waals surface area contributed by atoms with Crippen LogP contribution in [-0.2, 0) is 0 Å². The molecule has 0 unspecified atom stereocenters. The molecule has 2 amide bonds. The quantitative estimate of drug-likeness (QED) is 0.437. The molecule has 35 heavy (non-hydrogen) atoms. The third-order valence-corrected chi connectivity index (χ3v) is 7.28. The summed E-state index contributed by atoms with van der Waals surface area (Å²) in [4.78, 5) is 32.7. The van der Waals surface area contributed by atoms with E-state index >= 15 is 0 Å². The first-order valence-electron chi connectivity index (χ1n) is 11.4. The molecule has 0 atom stereocenters. The minimum Gasteiger partial charge on any atom is -0.486 e. The van der Waals surface area contributed by atoms with Gasteiger partial charge in [0.15, 0.2) is 15.4 Å². The zero-order valence-electron chi connectivity index (χ0n) is 19.1. The summed E-state index contributed by atoms with van der Waals surface area (Å²) in [5.74, 6) is 1.01. The summed E-state index contributed by atoms with van der Waals surface area (Å²) in [6.07, 6.45) is 1.35. The number of aromatic nitrogens is 1. The number of halogens is 1. The summed E-state index contributed by atoms with van der Waals surface area (Å²) >= 11 is 4.82. The van der Waals surface area contributed by atoms with E-state index in [2.05, 4.69) is 26.2 Å². The number of nitrogens with one attached hydrogen (secondary N) is 1. The molecule has 1 aliphatic heterocycles. The molecule has 0 bridgehead atoms. The van der Waals surface area contributed by atoms with Gasteiger partial charge in [-0.2, -0.15) is 4.98 Å². The van der Waals surface area contributed by atoms with Crippen molar-refractivity contribution < 1.29 is 23.8 Å². The van der Waals surface area contributed by atoms with Crippen LogP contribution in [0.4, 0.5) is 4.79 Å². The smallest absolute Gasteiger partial charge is 0.416 e. The van der Waals surface area contributed by atoms with Gasteiger partial charge >= 0.3 is 6.09 Å². The number of carbonyl (C=O) groups is 2. The van der Waals surface area contributed by atoms with Crippen LogP contribution in [0.2, 0.25) is 0 Å². The second-order valence-corrected chi connectivity index (χ2v) is 10.6. The summed E-state index contributed by atoms with van der Waals surface area (Å²) in [7, 11) is 0. The molecule has 1 saturated carbocycles. The Balaban J connectivity index is 1.23. The number of nitrogens with zero attached hydrogens (tertiary/aromatic N) is 2. The lowest BCUT2D eigenvalue weighted by Gasteiger charge is -2.22. The Bertz CT molecular complexity index is 1240. The Kier molecular flexibility index (Phi) is 6.92. The molecule has 182 valence electrons. The lowest BCUT2D eigenvalue weighted by Crippen LogP contribution is -2.41. The van der Waals surface area contributed by atoms with Crippen LogP contribution in [0.1, 0.15) is 28.8 Å². The van der Waals surface area contributed by atoms with E-state index in [9.17, 15) is 9.59 Å². The normalized spacial score (nSPS) is 14.3. The van der Waals surface area contributed by atoms with E-state index in [0.29, 0.717) is 40.7 Å². The number of rotatable bonds is 7. The molecule has 1 aromatic heterocycles. The van der Waals surface area contributed by atoms with Crippen LogP contribution >= 0.6 is 27.3 Å². The SMILES string of the molecule is Cc1ccc(-c2sc(Br)nc2OC(=O)N(CCNC(=O)c2cccc3c2OCCO3)C2CC2)cc1. The fourth-order valence-corrected chi connectivity index (χ4v) is 5.20. The summed E-state index contributed by atoms with van der Waals surface area (Å²) in [5.41, 5.74) is 2.50. The van der Waals surface area contributed by atoms with E-state index in [1.54, 1.807) is 23.1 Å². The summed E-state index contributed by atoms with van der Waals surface area (Å²) in [6.45, 7) is 3.48. The Morgan fingerprint density at radius 3 is 2.71 bits per heavy atom. The van der Waals surface area contributed by atoms with Gasteiger partial charge in [-0.3, -0.25) is 4.79 Å². The molecule has 0 saturated heterocycles. The highest BCUT2D eigenvalue weighted by molar-refractivity contribution is 9.11. The van der Waals surface area contributed by atoms with Crippen LogP contribution in [0.15, 0.2) is 46.4 Å². The predicted octanol–water partition coefficient (Wildman–Crippen LogP) is 5.05. The van der Waals surface area contributed by atoms with Gasteiger partial charge in [0.25, 0.3) is 5.91 Å². The van der Waals surface area contributed by atoms with Gasteiger partial charge in [-0.05, 0) is 53.4 Å². The summed E-state index contributed by atoms with van der Waals surface area (Å²) in [6, 6.07) is 13.3. The van der Waals surface area contributed by atoms with Crippen molar-refractivity contribution in [3.05, 3.63) is 57.5 Å². The van der Waals surface area contributed by atoms with Crippen molar-refractivity contribution in [2.24, 2.45) is 0 Å². The Morgan fingerprint density at radius 1 is 1.17 bits per heavy atom. The highest BCUT2D eigenvalue weighted by Gasteiger charge is 2.34. The van der Waals surface area contributed by atoms with Crippen LogP contribution in [-0.4, -0.2) is 54.2 Å². The highest BCUT2D eigenvalue weighted by atomic mass is 79.9. The van der Waals surface area contributed by atoms with E-state index in [-0.39, 0.29) is 24.4 Å². The van der Waals surface area contributed by atoms with Gasteiger partial charge < -0.3 is 24.4 Å². The van der Waals surface area contributed by atoms with Crippen molar-refractivity contribution in [3.63, 3.8) is 0 Å². The Morgan fingerprint density at radius 2 is 1.94 bits per heavy atom. The molecule has 2 aromatic carbocycles. The lowest BCUT2D eigenvalue weighted by atomic mass is 10.1. The topological polar surface area (TPSA) is 90.0 Å². The van der Waals surface area contributed by atoms with Gasteiger partial charge in [0, 0.05) is 19.1 Å². The maximum absolute atomic E-state index is 13.1. The van der Waals surface area contributed by atoms with Crippen molar-refractivity contribution >= 4 is 39.3 Å². The number of ether oxygens (including phenoxy) is 3. The minimum absolute atomic E-state index is 0.102. The molecule has 1 aliphatic carbocycles. The molecule has 1 fully saturated rings. The van der Waals surface area contributed by atoms with Gasteiger partial charge in [0.05, 0.1) is 10.4 Å². The molecule has 2 aliphatic rings. The number of hydrogen-bond acceptors (Lipinski definition) is 7. The van der Waals surface area contributed by atoms with Gasteiger partial charge in [0.1, 0.15) is 13.2 Å². The molecule has 0 spiro atoms. The first-order valence-corrected chi connectivity index (χ1v) is 13.0. The number of hydrogen-bond donors (Lipinski definition) is 1. The second kappa shape index (κ2) is 10.2. The lowest BCUT2D eigenvalue weighted by molar-refractivity contribution is 0.0933. The molecule has 1 N–H and O–H groups in total. The molecule has 2 heterocycles. The number of carbonyl (C=O) groups excluding carboxylic acids is 2. The van der Waals surface area contributed by atoms with Crippen LogP contribution in [0, 0.1) is 6.92 Å². The molecule has 0 radical (unpaired) electrons. The monoisotopic (exact) mass is 557 g/mol. The molecular formula is C25H24BrN3O5S. The first kappa shape index (κ1) is 23.6. The number of thiazole rings is 1. The Hall–Kier alpha value is -3.11. The van der Waals surface area contributed by atoms with Gasteiger partial charge in [-0.25, -0.2) is 4.79 Å². The van der Waals surface area contributed by atoms with Gasteiger partial charge in [-0.15, -0.1) is 11.3 Å². The standard InChI is InChI=1S/C25H24BrN3O5S/c1-15-5-7-16(8-6-15)21-23(28-24(26)35-21)34-25(31)29(17-9-10-17)12-11-27-22(30)18-3-2-4-19-20(18)33-14-13-32-19/h2-8,17H,9-14H2,1H3,(H,27,30). The first-order chi connectivity index (χ1) is 17.0. The minimum atomic E-state index is -0.471. The highest BCUT2D eigenvalue weighted by Crippen LogP contribution is 2.39. The van der Waals surface area contributed by atoms with Crippen LogP contribution in [0.25, 0.3) is 10.4 Å². The van der Waals surface area contributed by atoms with Gasteiger partial charge in [-0.1, -0.05) is 35.9 Å². The van der Waals surface area contributed by atoms with Crippen molar-refractivity contribution in [1.82, 2.24) is 15.2 Å². The number of benzene rings is 2. The number of para-hydroxylation sites is 1. The number of fused-ring (bicyclic) bond motifs is 1. The third-order valence-electron chi connectivity index (χ3n) is 5.74. The molecule has 8 nitrogen and oxygen atoms in total. The van der Waals surface area contributed by atoms with E-state index < -0.39 is 6.09 Å². The molecule has 5 rings (SSSR count). The number of aryl methyl sites for hydroxylation is 1.